The van der Waals surface area contributed by atoms with Gasteiger partial charge in [0.1, 0.15) is 11.4 Å². The Morgan fingerprint density at radius 1 is 1.14 bits per heavy atom. The number of Topliss-reactive ketones (excluding diaryl/α,β-unsaturated/α-hetero) is 1. The fourth-order valence-electron chi connectivity index (χ4n) is 3.62. The molecule has 9 heteroatoms. The summed E-state index contributed by atoms with van der Waals surface area (Å²) < 4.78 is 2.23. The Hall–Kier alpha value is -2.42. The Balaban J connectivity index is 2.14. The Kier molecular flexibility index (Phi) is 7.40. The first kappa shape index (κ1) is 22.9. The SMILES string of the molecule is CC(C)Cn1c(N)c(C(=O)CN2CCC(C(=O)NC(C)C)CC2)c(=O)n(C)c1=O. The molecule has 0 radical (unpaired) electrons. The molecular formula is C20H33N5O4. The van der Waals surface area contributed by atoms with Gasteiger partial charge in [-0.2, -0.15) is 0 Å². The lowest BCUT2D eigenvalue weighted by Gasteiger charge is -2.31. The highest BCUT2D eigenvalue weighted by atomic mass is 16.2. The van der Waals surface area contributed by atoms with E-state index in [2.05, 4.69) is 5.32 Å². The summed E-state index contributed by atoms with van der Waals surface area (Å²) in [7, 11) is 1.36. The van der Waals surface area contributed by atoms with E-state index in [1.165, 1.54) is 11.6 Å². The number of nitrogens with two attached hydrogens (primary N) is 1. The molecule has 3 N–H and O–H groups in total. The number of nitrogens with one attached hydrogen (secondary N) is 1. The van der Waals surface area contributed by atoms with Crippen molar-refractivity contribution in [3.63, 3.8) is 0 Å². The molecule has 162 valence electrons. The number of hydrogen-bond donors (Lipinski definition) is 2. The second-order valence-electron chi connectivity index (χ2n) is 8.55. The number of carbonyl (C=O) groups excluding carboxylic acids is 2. The number of hydrogen-bond acceptors (Lipinski definition) is 6. The van der Waals surface area contributed by atoms with Crippen molar-refractivity contribution in [1.82, 2.24) is 19.4 Å². The van der Waals surface area contributed by atoms with Crippen LogP contribution >= 0.6 is 0 Å². The summed E-state index contributed by atoms with van der Waals surface area (Å²) >= 11 is 0. The van der Waals surface area contributed by atoms with Gasteiger partial charge in [0.2, 0.25) is 5.91 Å². The highest BCUT2D eigenvalue weighted by Crippen LogP contribution is 2.18. The van der Waals surface area contributed by atoms with Crippen LogP contribution < -0.4 is 22.3 Å². The van der Waals surface area contributed by atoms with Crippen LogP contribution in [0, 0.1) is 11.8 Å². The molecule has 0 spiro atoms. The average molecular weight is 408 g/mol. The molecule has 1 amide bonds. The molecule has 2 heterocycles. The van der Waals surface area contributed by atoms with E-state index in [1.807, 2.05) is 32.6 Å². The van der Waals surface area contributed by atoms with Gasteiger partial charge in [0.05, 0.1) is 6.54 Å². The predicted octanol–water partition coefficient (Wildman–Crippen LogP) is 0.205. The molecule has 0 aliphatic carbocycles. The zero-order valence-electron chi connectivity index (χ0n) is 18.0. The monoisotopic (exact) mass is 407 g/mol. The number of piperidine rings is 1. The van der Waals surface area contributed by atoms with Crippen molar-refractivity contribution >= 4 is 17.5 Å². The van der Waals surface area contributed by atoms with Gasteiger partial charge in [-0.1, -0.05) is 13.8 Å². The Bertz CT molecular complexity index is 876. The molecule has 1 aromatic heterocycles. The zero-order valence-corrected chi connectivity index (χ0v) is 18.0. The standard InChI is InChI=1S/C20H33N5O4/c1-12(2)10-25-17(21)16(19(28)23(5)20(25)29)15(26)11-24-8-6-14(7-9-24)18(27)22-13(3)4/h12-14H,6-11,21H2,1-5H3,(H,22,27). The van der Waals surface area contributed by atoms with Gasteiger partial charge in [0.25, 0.3) is 5.56 Å². The molecule has 1 fully saturated rings. The van der Waals surface area contributed by atoms with Gasteiger partial charge >= 0.3 is 5.69 Å². The van der Waals surface area contributed by atoms with E-state index in [1.54, 1.807) is 0 Å². The molecule has 0 aromatic carbocycles. The van der Waals surface area contributed by atoms with E-state index >= 15 is 0 Å². The fourth-order valence-corrected chi connectivity index (χ4v) is 3.62. The van der Waals surface area contributed by atoms with E-state index in [9.17, 15) is 19.2 Å². The molecule has 0 unspecified atom stereocenters. The van der Waals surface area contributed by atoms with Crippen molar-refractivity contribution in [3.8, 4) is 0 Å². The third-order valence-corrected chi connectivity index (χ3v) is 5.17. The number of carbonyl (C=O) groups is 2. The van der Waals surface area contributed by atoms with E-state index in [4.69, 9.17) is 5.73 Å². The second-order valence-corrected chi connectivity index (χ2v) is 8.55. The molecule has 0 bridgehead atoms. The minimum atomic E-state index is -0.663. The summed E-state index contributed by atoms with van der Waals surface area (Å²) in [6.45, 7) is 9.26. The number of nitrogens with zero attached hydrogens (tertiary/aromatic N) is 3. The van der Waals surface area contributed by atoms with Crippen LogP contribution in [0.3, 0.4) is 0 Å². The van der Waals surface area contributed by atoms with E-state index in [-0.39, 0.29) is 41.7 Å². The van der Waals surface area contributed by atoms with Crippen molar-refractivity contribution in [1.29, 1.82) is 0 Å². The predicted molar refractivity (Wildman–Crippen MR) is 112 cm³/mol. The molecule has 2 rings (SSSR count). The van der Waals surface area contributed by atoms with E-state index < -0.39 is 17.0 Å². The van der Waals surface area contributed by atoms with Gasteiger partial charge in [-0.25, -0.2) is 4.79 Å². The van der Waals surface area contributed by atoms with Gasteiger partial charge < -0.3 is 11.1 Å². The van der Waals surface area contributed by atoms with E-state index in [0.29, 0.717) is 32.5 Å². The van der Waals surface area contributed by atoms with E-state index in [0.717, 1.165) is 4.57 Å². The quantitative estimate of drug-likeness (QED) is 0.624. The summed E-state index contributed by atoms with van der Waals surface area (Å²) in [5, 5.41) is 2.92. The minimum Gasteiger partial charge on any atom is -0.384 e. The lowest BCUT2D eigenvalue weighted by molar-refractivity contribution is -0.126. The average Bonchev–Trinajstić information content (AvgIpc) is 2.63. The lowest BCUT2D eigenvalue weighted by atomic mass is 9.95. The summed E-state index contributed by atoms with van der Waals surface area (Å²) in [5.41, 5.74) is 4.76. The Morgan fingerprint density at radius 2 is 1.72 bits per heavy atom. The van der Waals surface area contributed by atoms with Gasteiger partial charge in [-0.3, -0.25) is 28.4 Å². The number of ketones is 1. The third-order valence-electron chi connectivity index (χ3n) is 5.17. The maximum absolute atomic E-state index is 12.9. The lowest BCUT2D eigenvalue weighted by Crippen LogP contribution is -2.46. The summed E-state index contributed by atoms with van der Waals surface area (Å²) in [6, 6.07) is 0.0998. The first-order valence-corrected chi connectivity index (χ1v) is 10.2. The minimum absolute atomic E-state index is 0.0395. The van der Waals surface area contributed by atoms with Crippen molar-refractivity contribution in [2.24, 2.45) is 18.9 Å². The first-order valence-electron chi connectivity index (χ1n) is 10.2. The van der Waals surface area contributed by atoms with Crippen LogP contribution in [-0.2, 0) is 18.4 Å². The largest absolute Gasteiger partial charge is 0.384 e. The summed E-state index contributed by atoms with van der Waals surface area (Å²) in [6.07, 6.45) is 1.32. The molecule has 1 saturated heterocycles. The normalized spacial score (nSPS) is 15.8. The molecule has 29 heavy (non-hydrogen) atoms. The van der Waals surface area contributed by atoms with Gasteiger partial charge in [-0.15, -0.1) is 0 Å². The third kappa shape index (κ3) is 5.35. The van der Waals surface area contributed by atoms with Crippen molar-refractivity contribution < 1.29 is 9.59 Å². The molecule has 1 aromatic rings. The number of nitrogen functional groups attached to an aromatic ring is 1. The number of rotatable bonds is 7. The second kappa shape index (κ2) is 9.39. The number of aromatic nitrogens is 2. The Labute approximate surface area is 170 Å². The number of anilines is 1. The van der Waals surface area contributed by atoms with Crippen molar-refractivity contribution in [2.45, 2.75) is 53.1 Å². The van der Waals surface area contributed by atoms with Gasteiger partial charge in [0, 0.05) is 25.6 Å². The maximum atomic E-state index is 12.9. The highest BCUT2D eigenvalue weighted by Gasteiger charge is 2.28. The van der Waals surface area contributed by atoms with Crippen molar-refractivity contribution in [3.05, 3.63) is 26.4 Å². The summed E-state index contributed by atoms with van der Waals surface area (Å²) in [4.78, 5) is 51.9. The van der Waals surface area contributed by atoms with Crippen LogP contribution in [0.2, 0.25) is 0 Å². The highest BCUT2D eigenvalue weighted by molar-refractivity contribution is 6.01. The van der Waals surface area contributed by atoms with Gasteiger partial charge in [0.15, 0.2) is 5.78 Å². The topological polar surface area (TPSA) is 119 Å². The van der Waals surface area contributed by atoms with Crippen LogP contribution in [0.15, 0.2) is 9.59 Å². The molecule has 9 nitrogen and oxygen atoms in total. The zero-order chi connectivity index (χ0) is 21.9. The van der Waals surface area contributed by atoms with Crippen molar-refractivity contribution in [2.75, 3.05) is 25.4 Å². The molecule has 1 aliphatic heterocycles. The molecular weight excluding hydrogens is 374 g/mol. The van der Waals surface area contributed by atoms with Crippen LogP contribution in [0.5, 0.6) is 0 Å². The van der Waals surface area contributed by atoms with Gasteiger partial charge in [-0.05, 0) is 45.7 Å². The molecule has 0 saturated carbocycles. The fraction of sp³-hybridized carbons (Fsp3) is 0.700. The van der Waals surface area contributed by atoms with Crippen LogP contribution in [0.4, 0.5) is 5.82 Å². The van der Waals surface area contributed by atoms with Crippen LogP contribution in [0.25, 0.3) is 0 Å². The van der Waals surface area contributed by atoms with Crippen LogP contribution in [-0.4, -0.2) is 51.4 Å². The maximum Gasteiger partial charge on any atom is 0.332 e. The summed E-state index contributed by atoms with van der Waals surface area (Å²) in [5.74, 6) is -0.348. The molecule has 1 aliphatic rings. The number of amides is 1. The first-order chi connectivity index (χ1) is 13.5. The molecule has 0 atom stereocenters. The Morgan fingerprint density at radius 3 is 2.24 bits per heavy atom. The smallest absolute Gasteiger partial charge is 0.332 e. The number of likely N-dealkylation sites (tertiary alicyclic amines) is 1. The van der Waals surface area contributed by atoms with Crippen LogP contribution in [0.1, 0.15) is 50.9 Å².